The van der Waals surface area contributed by atoms with E-state index in [4.69, 9.17) is 4.74 Å². The summed E-state index contributed by atoms with van der Waals surface area (Å²) in [6.07, 6.45) is 3.66. The first-order valence-electron chi connectivity index (χ1n) is 7.97. The highest BCUT2D eigenvalue weighted by Gasteiger charge is 2.56. The van der Waals surface area contributed by atoms with Crippen LogP contribution in [0, 0.1) is 24.7 Å². The molecule has 3 unspecified atom stereocenters. The van der Waals surface area contributed by atoms with Gasteiger partial charge < -0.3 is 10.1 Å². The Morgan fingerprint density at radius 2 is 2.09 bits per heavy atom. The van der Waals surface area contributed by atoms with Crippen molar-refractivity contribution >= 4 is 23.2 Å². The molecule has 1 aromatic heterocycles. The highest BCUT2D eigenvalue weighted by atomic mass is 32.1. The summed E-state index contributed by atoms with van der Waals surface area (Å²) in [5, 5.41) is 3.82. The van der Waals surface area contributed by atoms with Gasteiger partial charge in [0.15, 0.2) is 0 Å². The van der Waals surface area contributed by atoms with Crippen molar-refractivity contribution < 1.29 is 14.3 Å². The molecule has 3 atom stereocenters. The van der Waals surface area contributed by atoms with Gasteiger partial charge in [0.25, 0.3) is 0 Å². The smallest absolute Gasteiger partial charge is 0.350 e. The molecule has 1 aromatic rings. The molecular formula is C16H22N2O3S. The molecule has 3 rings (SSSR count). The van der Waals surface area contributed by atoms with Gasteiger partial charge in [-0.2, -0.15) is 0 Å². The number of esters is 1. The Morgan fingerprint density at radius 1 is 1.41 bits per heavy atom. The second-order valence-corrected chi connectivity index (χ2v) is 7.23. The zero-order valence-corrected chi connectivity index (χ0v) is 14.0. The lowest BCUT2D eigenvalue weighted by molar-refractivity contribution is -0.123. The molecule has 1 N–H and O–H groups in total. The summed E-state index contributed by atoms with van der Waals surface area (Å²) in [5.41, 5.74) is 0.669. The average Bonchev–Trinajstić information content (AvgIpc) is 2.83. The monoisotopic (exact) mass is 322 g/mol. The van der Waals surface area contributed by atoms with E-state index in [2.05, 4.69) is 10.3 Å². The van der Waals surface area contributed by atoms with E-state index in [0.29, 0.717) is 29.0 Å². The van der Waals surface area contributed by atoms with Gasteiger partial charge in [-0.15, -0.1) is 11.3 Å². The van der Waals surface area contributed by atoms with Crippen molar-refractivity contribution in [3.8, 4) is 0 Å². The molecule has 2 aliphatic carbocycles. The maximum atomic E-state index is 12.3. The number of fused-ring (bicyclic) bond motifs is 1. The Morgan fingerprint density at radius 3 is 2.73 bits per heavy atom. The maximum Gasteiger partial charge on any atom is 0.350 e. The van der Waals surface area contributed by atoms with Crippen LogP contribution < -0.4 is 5.32 Å². The van der Waals surface area contributed by atoms with Crippen LogP contribution in [0.3, 0.4) is 0 Å². The van der Waals surface area contributed by atoms with Gasteiger partial charge >= 0.3 is 5.97 Å². The quantitative estimate of drug-likeness (QED) is 0.846. The summed E-state index contributed by atoms with van der Waals surface area (Å²) in [5.74, 6) is 1.24. The molecule has 2 fully saturated rings. The fourth-order valence-electron chi connectivity index (χ4n) is 3.57. The summed E-state index contributed by atoms with van der Waals surface area (Å²) >= 11 is 1.31. The van der Waals surface area contributed by atoms with Crippen molar-refractivity contribution in [2.75, 3.05) is 6.61 Å². The minimum atomic E-state index is -0.334. The van der Waals surface area contributed by atoms with Crippen LogP contribution in [0.2, 0.25) is 0 Å². The molecule has 0 bridgehead atoms. The van der Waals surface area contributed by atoms with Crippen molar-refractivity contribution in [2.45, 2.75) is 46.1 Å². The Kier molecular flexibility index (Phi) is 4.21. The molecule has 1 amide bonds. The number of thiazole rings is 1. The Balaban J connectivity index is 1.62. The van der Waals surface area contributed by atoms with Crippen LogP contribution in [0.15, 0.2) is 0 Å². The molecule has 22 heavy (non-hydrogen) atoms. The standard InChI is InChI=1S/C16H22N2O3S/c1-4-21-16(20)13-8(2)18-15(22-13)9(3)17-14(19)12-10-6-5-7-11(10)12/h9-12H,4-7H2,1-3H3,(H,17,19). The molecule has 2 aliphatic rings. The Hall–Kier alpha value is -1.43. The fraction of sp³-hybridized carbons (Fsp3) is 0.688. The lowest BCUT2D eigenvalue weighted by atomic mass is 10.1. The van der Waals surface area contributed by atoms with Gasteiger partial charge in [0.05, 0.1) is 18.3 Å². The molecule has 1 heterocycles. The molecule has 120 valence electrons. The normalized spacial score (nSPS) is 27.1. The Bertz CT molecular complexity index is 588. The number of nitrogens with one attached hydrogen (secondary N) is 1. The average molecular weight is 322 g/mol. The minimum absolute atomic E-state index is 0.146. The van der Waals surface area contributed by atoms with E-state index < -0.39 is 0 Å². The van der Waals surface area contributed by atoms with Crippen LogP contribution in [0.25, 0.3) is 0 Å². The predicted octanol–water partition coefficient (Wildman–Crippen LogP) is 2.85. The maximum absolute atomic E-state index is 12.3. The molecule has 0 saturated heterocycles. The third-order valence-electron chi connectivity index (χ3n) is 4.71. The van der Waals surface area contributed by atoms with E-state index in [1.54, 1.807) is 13.8 Å². The number of aromatic nitrogens is 1. The summed E-state index contributed by atoms with van der Waals surface area (Å²) in [7, 11) is 0. The molecule has 5 nitrogen and oxygen atoms in total. The van der Waals surface area contributed by atoms with Gasteiger partial charge in [-0.3, -0.25) is 4.79 Å². The molecule has 0 spiro atoms. The van der Waals surface area contributed by atoms with Crippen LogP contribution in [-0.4, -0.2) is 23.5 Å². The number of hydrogen-bond acceptors (Lipinski definition) is 5. The predicted molar refractivity (Wildman–Crippen MR) is 83.7 cm³/mol. The summed E-state index contributed by atoms with van der Waals surface area (Å²) < 4.78 is 5.03. The lowest BCUT2D eigenvalue weighted by Crippen LogP contribution is -2.29. The van der Waals surface area contributed by atoms with E-state index in [1.807, 2.05) is 6.92 Å². The summed E-state index contributed by atoms with van der Waals surface area (Å²) in [6, 6.07) is -0.166. The van der Waals surface area contributed by atoms with E-state index in [0.717, 1.165) is 5.01 Å². The van der Waals surface area contributed by atoms with Gasteiger partial charge in [0, 0.05) is 5.92 Å². The first kappa shape index (κ1) is 15.5. The second kappa shape index (κ2) is 5.99. The van der Waals surface area contributed by atoms with E-state index >= 15 is 0 Å². The van der Waals surface area contributed by atoms with Crippen molar-refractivity contribution in [3.63, 3.8) is 0 Å². The first-order valence-corrected chi connectivity index (χ1v) is 8.79. The number of aryl methyl sites for hydroxylation is 1. The number of carbonyl (C=O) groups excluding carboxylic acids is 2. The highest BCUT2D eigenvalue weighted by Crippen LogP contribution is 2.57. The highest BCUT2D eigenvalue weighted by molar-refractivity contribution is 7.13. The molecule has 2 saturated carbocycles. The second-order valence-electron chi connectivity index (χ2n) is 6.20. The Labute approximate surface area is 134 Å². The SMILES string of the molecule is CCOC(=O)c1sc(C(C)NC(=O)C2C3CCCC32)nc1C. The van der Waals surface area contributed by atoms with Crippen molar-refractivity contribution in [2.24, 2.45) is 17.8 Å². The molecule has 6 heteroatoms. The third-order valence-corrected chi connectivity index (χ3v) is 6.03. The largest absolute Gasteiger partial charge is 0.462 e. The zero-order chi connectivity index (χ0) is 15.9. The number of rotatable bonds is 5. The minimum Gasteiger partial charge on any atom is -0.462 e. The van der Waals surface area contributed by atoms with Gasteiger partial charge in [-0.05, 0) is 45.4 Å². The van der Waals surface area contributed by atoms with Crippen molar-refractivity contribution in [1.82, 2.24) is 10.3 Å². The van der Waals surface area contributed by atoms with Crippen LogP contribution in [0.1, 0.15) is 59.5 Å². The molecular weight excluding hydrogens is 300 g/mol. The van der Waals surface area contributed by atoms with Gasteiger partial charge in [-0.1, -0.05) is 6.42 Å². The molecule has 0 aliphatic heterocycles. The number of nitrogens with zero attached hydrogens (tertiary/aromatic N) is 1. The van der Waals surface area contributed by atoms with E-state index in [1.165, 1.54) is 30.6 Å². The van der Waals surface area contributed by atoms with E-state index in [-0.39, 0.29) is 23.8 Å². The number of ether oxygens (including phenoxy) is 1. The van der Waals surface area contributed by atoms with Crippen molar-refractivity contribution in [3.05, 3.63) is 15.6 Å². The van der Waals surface area contributed by atoms with Crippen LogP contribution in [0.4, 0.5) is 0 Å². The van der Waals surface area contributed by atoms with Gasteiger partial charge in [-0.25, -0.2) is 9.78 Å². The number of hydrogen-bond donors (Lipinski definition) is 1. The van der Waals surface area contributed by atoms with Gasteiger partial charge in [0.1, 0.15) is 9.88 Å². The zero-order valence-electron chi connectivity index (χ0n) is 13.2. The first-order chi connectivity index (χ1) is 10.5. The van der Waals surface area contributed by atoms with Crippen LogP contribution in [-0.2, 0) is 9.53 Å². The lowest BCUT2D eigenvalue weighted by Gasteiger charge is -2.12. The van der Waals surface area contributed by atoms with Crippen LogP contribution in [0.5, 0.6) is 0 Å². The molecule has 0 aromatic carbocycles. The van der Waals surface area contributed by atoms with E-state index in [9.17, 15) is 9.59 Å². The fourth-order valence-corrected chi connectivity index (χ4v) is 4.53. The molecule has 0 radical (unpaired) electrons. The van der Waals surface area contributed by atoms with Crippen molar-refractivity contribution in [1.29, 1.82) is 0 Å². The third kappa shape index (κ3) is 2.76. The van der Waals surface area contributed by atoms with Gasteiger partial charge in [0.2, 0.25) is 5.91 Å². The summed E-state index contributed by atoms with van der Waals surface area (Å²) in [4.78, 5) is 29.1. The number of amides is 1. The van der Waals surface area contributed by atoms with Crippen LogP contribution >= 0.6 is 11.3 Å². The number of carbonyl (C=O) groups is 2. The topological polar surface area (TPSA) is 68.3 Å². The summed E-state index contributed by atoms with van der Waals surface area (Å²) in [6.45, 7) is 5.85.